The van der Waals surface area contributed by atoms with E-state index in [1.807, 2.05) is 74.5 Å². The highest BCUT2D eigenvalue weighted by Crippen LogP contribution is 2.40. The summed E-state index contributed by atoms with van der Waals surface area (Å²) in [7, 11) is -1.29. The number of benzene rings is 2. The van der Waals surface area contributed by atoms with Crippen LogP contribution < -0.4 is 10.6 Å². The first-order valence-electron chi connectivity index (χ1n) is 8.18. The zero-order chi connectivity index (χ0) is 17.6. The van der Waals surface area contributed by atoms with Crippen LogP contribution in [0.2, 0.25) is 0 Å². The number of hydrogen-bond donors (Lipinski definition) is 0. The fourth-order valence-corrected chi connectivity index (χ4v) is 4.47. The number of hydrogen-bond acceptors (Lipinski definition) is 3. The van der Waals surface area contributed by atoms with Gasteiger partial charge < -0.3 is 4.52 Å². The summed E-state index contributed by atoms with van der Waals surface area (Å²) in [6, 6.07) is 19.4. The molecule has 0 spiro atoms. The van der Waals surface area contributed by atoms with Crippen LogP contribution in [0.4, 0.5) is 0 Å². The standard InChI is InChI=1S/C20H23O3P/c1-4-20(5-2,16(3)21)19(22)23-24(17-12-8-6-9-13-17)18-14-10-7-11-15-18/h6-15H,4-5H2,1-3H3. The quantitative estimate of drug-likeness (QED) is 0.565. The number of Topliss-reactive ketones (excluding diaryl/α,β-unsaturated/α-hetero) is 1. The van der Waals surface area contributed by atoms with Gasteiger partial charge >= 0.3 is 5.97 Å². The second kappa shape index (κ2) is 8.21. The van der Waals surface area contributed by atoms with Crippen molar-refractivity contribution in [3.63, 3.8) is 0 Å². The molecule has 0 amide bonds. The van der Waals surface area contributed by atoms with E-state index in [9.17, 15) is 9.59 Å². The lowest BCUT2D eigenvalue weighted by molar-refractivity contribution is -0.151. The molecule has 2 aromatic carbocycles. The smallest absolute Gasteiger partial charge is 0.322 e. The molecule has 126 valence electrons. The zero-order valence-corrected chi connectivity index (χ0v) is 15.3. The first-order valence-corrected chi connectivity index (χ1v) is 9.44. The maximum Gasteiger partial charge on any atom is 0.322 e. The Bertz CT molecular complexity index is 639. The predicted octanol–water partition coefficient (Wildman–Crippen LogP) is 3.97. The molecule has 0 aliphatic carbocycles. The van der Waals surface area contributed by atoms with Crippen LogP contribution in [0.3, 0.4) is 0 Å². The average Bonchev–Trinajstić information content (AvgIpc) is 2.62. The minimum absolute atomic E-state index is 0.131. The minimum atomic E-state index is -1.29. The molecule has 0 N–H and O–H groups in total. The Morgan fingerprint density at radius 2 is 1.29 bits per heavy atom. The number of carbonyl (C=O) groups is 2. The third-order valence-corrected chi connectivity index (χ3v) is 6.31. The molecule has 0 heterocycles. The van der Waals surface area contributed by atoms with Crippen molar-refractivity contribution in [2.45, 2.75) is 33.6 Å². The zero-order valence-electron chi connectivity index (χ0n) is 14.4. The summed E-state index contributed by atoms with van der Waals surface area (Å²) in [5, 5.41) is 1.91. The lowest BCUT2D eigenvalue weighted by Gasteiger charge is -2.29. The van der Waals surface area contributed by atoms with Crippen molar-refractivity contribution in [1.29, 1.82) is 0 Å². The van der Waals surface area contributed by atoms with Crippen molar-refractivity contribution in [1.82, 2.24) is 0 Å². The van der Waals surface area contributed by atoms with Gasteiger partial charge in [-0.25, -0.2) is 0 Å². The van der Waals surface area contributed by atoms with Crippen molar-refractivity contribution >= 4 is 30.5 Å². The topological polar surface area (TPSA) is 43.4 Å². The minimum Gasteiger partial charge on any atom is -0.434 e. The van der Waals surface area contributed by atoms with Gasteiger partial charge in [-0.05, 0) is 19.8 Å². The van der Waals surface area contributed by atoms with Gasteiger partial charge in [0.25, 0.3) is 0 Å². The molecule has 0 saturated carbocycles. The summed E-state index contributed by atoms with van der Waals surface area (Å²) in [5.74, 6) is -0.549. The molecule has 3 nitrogen and oxygen atoms in total. The van der Waals surface area contributed by atoms with E-state index in [0.717, 1.165) is 10.6 Å². The molecule has 4 heteroatoms. The lowest BCUT2D eigenvalue weighted by atomic mass is 9.79. The van der Waals surface area contributed by atoms with Crippen LogP contribution in [0.1, 0.15) is 33.6 Å². The highest BCUT2D eigenvalue weighted by Gasteiger charge is 2.42. The molecular formula is C20H23O3P. The first-order chi connectivity index (χ1) is 11.5. The Hall–Kier alpha value is -1.99. The molecule has 0 aliphatic heterocycles. The van der Waals surface area contributed by atoms with Crippen LogP contribution >= 0.6 is 8.15 Å². The number of rotatable bonds is 7. The Balaban J connectivity index is 2.39. The van der Waals surface area contributed by atoms with E-state index in [2.05, 4.69) is 0 Å². The molecule has 0 aromatic heterocycles. The first kappa shape index (κ1) is 18.4. The van der Waals surface area contributed by atoms with E-state index in [1.165, 1.54) is 6.92 Å². The molecule has 0 bridgehead atoms. The Kier molecular flexibility index (Phi) is 6.28. The molecule has 0 unspecified atom stereocenters. The summed E-state index contributed by atoms with van der Waals surface area (Å²) < 4.78 is 5.94. The van der Waals surface area contributed by atoms with Crippen LogP contribution in [-0.2, 0) is 14.1 Å². The van der Waals surface area contributed by atoms with Crippen molar-refractivity contribution in [2.75, 3.05) is 0 Å². The summed E-state index contributed by atoms with van der Waals surface area (Å²) in [5.41, 5.74) is -1.05. The van der Waals surface area contributed by atoms with Gasteiger partial charge in [0.1, 0.15) is 11.2 Å². The van der Waals surface area contributed by atoms with Crippen LogP contribution in [0.5, 0.6) is 0 Å². The summed E-state index contributed by atoms with van der Waals surface area (Å²) in [6.45, 7) is 5.19. The van der Waals surface area contributed by atoms with Gasteiger partial charge in [-0.1, -0.05) is 74.5 Å². The maximum absolute atomic E-state index is 12.9. The van der Waals surface area contributed by atoms with Gasteiger partial charge in [0.15, 0.2) is 8.15 Å². The van der Waals surface area contributed by atoms with Gasteiger partial charge in [-0.15, -0.1) is 0 Å². The Labute approximate surface area is 144 Å². The summed E-state index contributed by atoms with van der Waals surface area (Å²) in [4.78, 5) is 25.0. The second-order valence-electron chi connectivity index (χ2n) is 5.69. The van der Waals surface area contributed by atoms with Gasteiger partial charge in [-0.3, -0.25) is 9.59 Å². The average molecular weight is 342 g/mol. The molecular weight excluding hydrogens is 319 g/mol. The van der Waals surface area contributed by atoms with Crippen LogP contribution in [-0.4, -0.2) is 11.8 Å². The van der Waals surface area contributed by atoms with Crippen molar-refractivity contribution in [3.8, 4) is 0 Å². The highest BCUT2D eigenvalue weighted by molar-refractivity contribution is 7.69. The van der Waals surface area contributed by atoms with Crippen LogP contribution in [0.15, 0.2) is 60.7 Å². The normalized spacial score (nSPS) is 11.3. The molecule has 24 heavy (non-hydrogen) atoms. The van der Waals surface area contributed by atoms with E-state index in [0.29, 0.717) is 12.8 Å². The van der Waals surface area contributed by atoms with E-state index in [-0.39, 0.29) is 5.78 Å². The molecule has 2 aromatic rings. The predicted molar refractivity (Wildman–Crippen MR) is 98.9 cm³/mol. The maximum atomic E-state index is 12.9. The lowest BCUT2D eigenvalue weighted by Crippen LogP contribution is -2.38. The fourth-order valence-electron chi connectivity index (χ4n) is 2.73. The van der Waals surface area contributed by atoms with Crippen molar-refractivity contribution in [3.05, 3.63) is 60.7 Å². The largest absolute Gasteiger partial charge is 0.434 e. The Morgan fingerprint density at radius 1 is 0.875 bits per heavy atom. The molecule has 0 saturated heterocycles. The summed E-state index contributed by atoms with van der Waals surface area (Å²) in [6.07, 6.45) is 0.898. The molecule has 0 radical (unpaired) electrons. The highest BCUT2D eigenvalue weighted by atomic mass is 31.1. The Morgan fingerprint density at radius 3 is 1.62 bits per heavy atom. The van der Waals surface area contributed by atoms with E-state index >= 15 is 0 Å². The van der Waals surface area contributed by atoms with Crippen LogP contribution in [0, 0.1) is 5.41 Å². The SMILES string of the molecule is CCC(CC)(C(C)=O)C(=O)OP(c1ccccc1)c1ccccc1. The van der Waals surface area contributed by atoms with E-state index in [4.69, 9.17) is 4.52 Å². The second-order valence-corrected chi connectivity index (χ2v) is 7.49. The molecule has 0 aliphatic rings. The number of ketones is 1. The van der Waals surface area contributed by atoms with Gasteiger partial charge in [0, 0.05) is 10.6 Å². The number of carbonyl (C=O) groups excluding carboxylic acids is 2. The van der Waals surface area contributed by atoms with Crippen molar-refractivity contribution < 1.29 is 14.1 Å². The third-order valence-electron chi connectivity index (χ3n) is 4.43. The van der Waals surface area contributed by atoms with Gasteiger partial charge in [-0.2, -0.15) is 0 Å². The molecule has 0 fully saturated rings. The van der Waals surface area contributed by atoms with Gasteiger partial charge in [0.2, 0.25) is 0 Å². The fraction of sp³-hybridized carbons (Fsp3) is 0.300. The van der Waals surface area contributed by atoms with E-state index in [1.54, 1.807) is 0 Å². The van der Waals surface area contributed by atoms with E-state index < -0.39 is 19.5 Å². The molecule has 2 rings (SSSR count). The van der Waals surface area contributed by atoms with Gasteiger partial charge in [0.05, 0.1) is 0 Å². The van der Waals surface area contributed by atoms with Crippen LogP contribution in [0.25, 0.3) is 0 Å². The molecule has 0 atom stereocenters. The van der Waals surface area contributed by atoms with Crippen molar-refractivity contribution in [2.24, 2.45) is 5.41 Å². The third kappa shape index (κ3) is 3.73. The monoisotopic (exact) mass is 342 g/mol. The summed E-state index contributed by atoms with van der Waals surface area (Å²) >= 11 is 0.